The molecule has 0 aliphatic carbocycles. The Balaban J connectivity index is 4.53. The van der Waals surface area contributed by atoms with E-state index in [1.54, 1.807) is 0 Å². The maximum absolute atomic E-state index is 6.04. The van der Waals surface area contributed by atoms with E-state index < -0.39 is 25.7 Å². The highest BCUT2D eigenvalue weighted by molar-refractivity contribution is 6.66. The van der Waals surface area contributed by atoms with Crippen LogP contribution in [0.25, 0.3) is 0 Å². The molecular formula is C30H72N2O6Si4. The predicted octanol–water partition coefficient (Wildman–Crippen LogP) is 6.59. The van der Waals surface area contributed by atoms with Gasteiger partial charge < -0.3 is 37.2 Å². The molecule has 42 heavy (non-hydrogen) atoms. The molecule has 0 atom stereocenters. The van der Waals surface area contributed by atoms with Crippen molar-refractivity contribution in [2.75, 3.05) is 52.7 Å². The molecule has 254 valence electrons. The normalized spacial score (nSPS) is 13.3. The fraction of sp³-hybridized carbons (Fsp3) is 1.00. The van der Waals surface area contributed by atoms with Gasteiger partial charge in [0, 0.05) is 45.4 Å². The van der Waals surface area contributed by atoms with Crippen molar-refractivity contribution in [3.8, 4) is 0 Å². The summed E-state index contributed by atoms with van der Waals surface area (Å²) in [6, 6.07) is 4.59. The predicted molar refractivity (Wildman–Crippen MR) is 189 cm³/mol. The molecule has 0 bridgehead atoms. The van der Waals surface area contributed by atoms with Gasteiger partial charge in [0.2, 0.25) is 0 Å². The minimum atomic E-state index is -2.04. The Bertz CT molecular complexity index is 564. The van der Waals surface area contributed by atoms with Crippen LogP contribution in [-0.4, -0.2) is 93.7 Å². The van der Waals surface area contributed by atoms with Crippen LogP contribution in [0.5, 0.6) is 0 Å². The SMILES string of the molecule is CCO[Si](C)(CCCCCCCC[SiH2]C(NCCC[Si](C)(OCC)OCC)NCCC[Si](C)(OCC)OCC)OCC. The van der Waals surface area contributed by atoms with Gasteiger partial charge in [-0.25, -0.2) is 0 Å². The third-order valence-corrected chi connectivity index (χ3v) is 19.0. The lowest BCUT2D eigenvalue weighted by Gasteiger charge is -2.27. The van der Waals surface area contributed by atoms with Crippen molar-refractivity contribution < 1.29 is 26.6 Å². The second-order valence-electron chi connectivity index (χ2n) is 11.7. The number of nitrogens with one attached hydrogen (secondary N) is 2. The van der Waals surface area contributed by atoms with Crippen LogP contribution in [-0.2, 0) is 26.6 Å². The zero-order chi connectivity index (χ0) is 31.6. The molecule has 0 radical (unpaired) electrons. The summed E-state index contributed by atoms with van der Waals surface area (Å²) in [5.74, 6) is 0.476. The van der Waals surface area contributed by atoms with Gasteiger partial charge in [-0.15, -0.1) is 0 Å². The van der Waals surface area contributed by atoms with E-state index in [-0.39, 0.29) is 9.52 Å². The van der Waals surface area contributed by atoms with Gasteiger partial charge in [-0.1, -0.05) is 44.6 Å². The average Bonchev–Trinajstić information content (AvgIpc) is 2.93. The lowest BCUT2D eigenvalue weighted by atomic mass is 10.1. The summed E-state index contributed by atoms with van der Waals surface area (Å²) in [4.78, 5) is 0. The molecule has 2 N–H and O–H groups in total. The van der Waals surface area contributed by atoms with Crippen LogP contribution >= 0.6 is 0 Å². The van der Waals surface area contributed by atoms with Gasteiger partial charge in [0.15, 0.2) is 0 Å². The van der Waals surface area contributed by atoms with Gasteiger partial charge in [0.1, 0.15) is 0 Å². The van der Waals surface area contributed by atoms with Crippen molar-refractivity contribution in [2.45, 2.75) is 143 Å². The first-order valence-electron chi connectivity index (χ1n) is 17.5. The zero-order valence-corrected chi connectivity index (χ0v) is 33.8. The van der Waals surface area contributed by atoms with Crippen molar-refractivity contribution in [1.82, 2.24) is 10.6 Å². The number of hydrogen-bond donors (Lipinski definition) is 2. The number of hydrogen-bond acceptors (Lipinski definition) is 8. The molecule has 0 saturated carbocycles. The first kappa shape index (κ1) is 42.5. The lowest BCUT2D eigenvalue weighted by Crippen LogP contribution is -2.48. The highest BCUT2D eigenvalue weighted by Crippen LogP contribution is 2.20. The van der Waals surface area contributed by atoms with E-state index in [1.165, 1.54) is 44.6 Å². The first-order valence-corrected chi connectivity index (χ1v) is 26.8. The quantitative estimate of drug-likeness (QED) is 0.0472. The molecule has 0 heterocycles. The van der Waals surface area contributed by atoms with E-state index in [0.29, 0.717) is 5.79 Å². The van der Waals surface area contributed by atoms with Gasteiger partial charge in [0.25, 0.3) is 0 Å². The first-order chi connectivity index (χ1) is 20.1. The second-order valence-corrected chi connectivity index (χ2v) is 23.8. The zero-order valence-electron chi connectivity index (χ0n) is 29.4. The van der Waals surface area contributed by atoms with E-state index in [4.69, 9.17) is 26.6 Å². The Morgan fingerprint density at radius 3 is 1.12 bits per heavy atom. The highest BCUT2D eigenvalue weighted by Gasteiger charge is 2.31. The van der Waals surface area contributed by atoms with Crippen LogP contribution in [0.2, 0.25) is 43.8 Å². The molecule has 0 saturated heterocycles. The summed E-state index contributed by atoms with van der Waals surface area (Å²) >= 11 is 0. The van der Waals surface area contributed by atoms with Crippen LogP contribution in [0, 0.1) is 0 Å². The van der Waals surface area contributed by atoms with Crippen molar-refractivity contribution in [3.63, 3.8) is 0 Å². The third-order valence-electron chi connectivity index (χ3n) is 7.72. The van der Waals surface area contributed by atoms with Gasteiger partial charge in [-0.2, -0.15) is 0 Å². The molecule has 0 aromatic carbocycles. The summed E-state index contributed by atoms with van der Waals surface area (Å²) in [7, 11) is -6.29. The smallest absolute Gasteiger partial charge is 0.334 e. The Labute approximate surface area is 267 Å². The monoisotopic (exact) mass is 668 g/mol. The average molecular weight is 669 g/mol. The van der Waals surface area contributed by atoms with Crippen LogP contribution in [0.3, 0.4) is 0 Å². The van der Waals surface area contributed by atoms with Crippen molar-refractivity contribution in [2.24, 2.45) is 0 Å². The van der Waals surface area contributed by atoms with Crippen LogP contribution in [0.15, 0.2) is 0 Å². The Morgan fingerprint density at radius 1 is 0.452 bits per heavy atom. The van der Waals surface area contributed by atoms with Crippen molar-refractivity contribution >= 4 is 35.2 Å². The molecule has 8 nitrogen and oxygen atoms in total. The van der Waals surface area contributed by atoms with Gasteiger partial charge in [0.05, 0.1) is 9.52 Å². The van der Waals surface area contributed by atoms with Crippen molar-refractivity contribution in [1.29, 1.82) is 0 Å². The number of rotatable bonds is 32. The van der Waals surface area contributed by atoms with Gasteiger partial charge in [-0.05, 0) is 105 Å². The summed E-state index contributed by atoms with van der Waals surface area (Å²) in [5, 5.41) is 7.74. The number of unbranched alkanes of at least 4 members (excludes halogenated alkanes) is 5. The summed E-state index contributed by atoms with van der Waals surface area (Å²) in [5.41, 5.74) is 0. The highest BCUT2D eigenvalue weighted by atomic mass is 28.4. The van der Waals surface area contributed by atoms with Gasteiger partial charge in [-0.3, -0.25) is 0 Å². The van der Waals surface area contributed by atoms with E-state index in [9.17, 15) is 0 Å². The lowest BCUT2D eigenvalue weighted by molar-refractivity contribution is 0.187. The van der Waals surface area contributed by atoms with E-state index in [2.05, 4.69) is 71.8 Å². The van der Waals surface area contributed by atoms with Crippen molar-refractivity contribution in [3.05, 3.63) is 0 Å². The molecule has 0 unspecified atom stereocenters. The molecule has 0 amide bonds. The summed E-state index contributed by atoms with van der Waals surface area (Å²) in [6.07, 6.45) is 10.1. The largest absolute Gasteiger partial charge is 0.395 e. The Kier molecular flexibility index (Phi) is 27.1. The molecule has 0 aliphatic heterocycles. The standard InChI is InChI=1S/C30H72N2O6Si4/c1-10-33-40(7,34-11-2)27-21-19-17-16-18-20-26-39-30(31-24-22-28-41(8,35-12-3)36-13-4)32-25-23-29-42(9,37-14-5)38-15-6/h30-32H,10-29,39H2,1-9H3. The van der Waals surface area contributed by atoms with Crippen LogP contribution < -0.4 is 10.6 Å². The Morgan fingerprint density at radius 2 is 0.762 bits per heavy atom. The second kappa shape index (κ2) is 26.7. The van der Waals surface area contributed by atoms with E-state index >= 15 is 0 Å². The fourth-order valence-electron chi connectivity index (χ4n) is 5.72. The summed E-state index contributed by atoms with van der Waals surface area (Å²) < 4.78 is 36.2. The fourth-order valence-corrected chi connectivity index (χ4v) is 14.9. The topological polar surface area (TPSA) is 79.4 Å². The van der Waals surface area contributed by atoms with E-state index in [0.717, 1.165) is 83.7 Å². The third kappa shape index (κ3) is 22.1. The minimum absolute atomic E-state index is 0.264. The van der Waals surface area contributed by atoms with Crippen LogP contribution in [0.4, 0.5) is 0 Å². The molecule has 0 aliphatic rings. The molecular weight excluding hydrogens is 597 g/mol. The molecule has 0 spiro atoms. The Hall–Kier alpha value is 0.548. The molecule has 12 heteroatoms. The maximum Gasteiger partial charge on any atom is 0.334 e. The molecule has 0 aromatic heterocycles. The molecule has 0 rings (SSSR count). The summed E-state index contributed by atoms with van der Waals surface area (Å²) in [6.45, 7) is 25.6. The van der Waals surface area contributed by atoms with Gasteiger partial charge >= 0.3 is 25.7 Å². The van der Waals surface area contributed by atoms with Crippen LogP contribution in [0.1, 0.15) is 92.9 Å². The van der Waals surface area contributed by atoms with E-state index in [1.807, 2.05) is 0 Å². The maximum atomic E-state index is 6.04. The minimum Gasteiger partial charge on any atom is -0.395 e. The molecule has 0 fully saturated rings. The molecule has 0 aromatic rings.